The van der Waals surface area contributed by atoms with Crippen molar-refractivity contribution >= 4 is 39.8 Å². The number of rotatable bonds is 9. The van der Waals surface area contributed by atoms with Gasteiger partial charge in [0.25, 0.3) is 0 Å². The van der Waals surface area contributed by atoms with Crippen molar-refractivity contribution in [3.8, 4) is 5.75 Å². The van der Waals surface area contributed by atoms with E-state index in [1.165, 1.54) is 23.8 Å². The third-order valence-corrected chi connectivity index (χ3v) is 5.16. The lowest BCUT2D eigenvalue weighted by Gasteiger charge is -2.14. The van der Waals surface area contributed by atoms with Gasteiger partial charge in [-0.15, -0.1) is 24.0 Å². The second-order valence-corrected chi connectivity index (χ2v) is 8.93. The smallest absolute Gasteiger partial charge is 0.191 e. The Kier molecular flexibility index (Phi) is 11.1. The van der Waals surface area contributed by atoms with Crippen LogP contribution in [-0.2, 0) is 28.6 Å². The molecule has 6 nitrogen and oxygen atoms in total. The number of guanidine groups is 1. The molecule has 0 unspecified atom stereocenters. The summed E-state index contributed by atoms with van der Waals surface area (Å²) in [6.07, 6.45) is 2.95. The number of aliphatic imine (C=N–C) groups is 1. The van der Waals surface area contributed by atoms with Gasteiger partial charge in [0.05, 0.1) is 12.9 Å². The van der Waals surface area contributed by atoms with Crippen LogP contribution in [0.25, 0.3) is 0 Å². The summed E-state index contributed by atoms with van der Waals surface area (Å²) in [7, 11) is 0.0915. The Hall–Kier alpha value is -1.88. The van der Waals surface area contributed by atoms with Gasteiger partial charge in [0.2, 0.25) is 0 Å². The number of ether oxygens (including phenoxy) is 1. The normalized spacial score (nSPS) is 11.5. The van der Waals surface area contributed by atoms with Crippen LogP contribution in [0.3, 0.4) is 0 Å². The van der Waals surface area contributed by atoms with Crippen LogP contribution in [0.5, 0.6) is 5.75 Å². The van der Waals surface area contributed by atoms with E-state index >= 15 is 0 Å². The van der Waals surface area contributed by atoms with E-state index in [1.54, 1.807) is 14.2 Å². The van der Waals surface area contributed by atoms with Crippen LogP contribution in [0.4, 0.5) is 4.39 Å². The Bertz CT molecular complexity index is 952. The maximum absolute atomic E-state index is 13.6. The molecule has 2 aromatic carbocycles. The number of nitrogens with one attached hydrogen (secondary N) is 2. The molecule has 2 rings (SSSR count). The van der Waals surface area contributed by atoms with E-state index in [1.807, 2.05) is 18.2 Å². The van der Waals surface area contributed by atoms with Crippen molar-refractivity contribution in [1.82, 2.24) is 10.6 Å². The largest absolute Gasteiger partial charge is 0.497 e. The predicted octanol–water partition coefficient (Wildman–Crippen LogP) is 3.29. The Labute approximate surface area is 195 Å². The van der Waals surface area contributed by atoms with Gasteiger partial charge in [-0.1, -0.05) is 18.2 Å². The van der Waals surface area contributed by atoms with Crippen molar-refractivity contribution in [3.05, 3.63) is 65.0 Å². The van der Waals surface area contributed by atoms with E-state index in [0.29, 0.717) is 23.6 Å². The van der Waals surface area contributed by atoms with Crippen molar-refractivity contribution < 1.29 is 17.5 Å². The second-order valence-electron chi connectivity index (χ2n) is 6.79. The highest BCUT2D eigenvalue weighted by Gasteiger charge is 2.11. The molecule has 0 saturated carbocycles. The molecule has 166 valence electrons. The molecule has 0 heterocycles. The Morgan fingerprint density at radius 2 is 1.90 bits per heavy atom. The lowest BCUT2D eigenvalue weighted by Crippen LogP contribution is -2.37. The number of hydrogen-bond donors (Lipinski definition) is 2. The number of methoxy groups -OCH3 is 1. The molecule has 0 aliphatic rings. The molecule has 0 radical (unpaired) electrons. The molecule has 2 aromatic rings. The number of sulfone groups is 1. The summed E-state index contributed by atoms with van der Waals surface area (Å²) >= 11 is 0. The van der Waals surface area contributed by atoms with E-state index < -0.39 is 15.7 Å². The van der Waals surface area contributed by atoms with Crippen molar-refractivity contribution in [2.24, 2.45) is 4.99 Å². The number of halogens is 2. The van der Waals surface area contributed by atoms with Crippen molar-refractivity contribution in [2.75, 3.05) is 27.0 Å². The van der Waals surface area contributed by atoms with Crippen LogP contribution in [-0.4, -0.2) is 41.3 Å². The summed E-state index contributed by atoms with van der Waals surface area (Å²) in [5.74, 6) is 0.884. The van der Waals surface area contributed by atoms with Crippen molar-refractivity contribution in [2.45, 2.75) is 25.1 Å². The topological polar surface area (TPSA) is 79.8 Å². The first-order chi connectivity index (χ1) is 13.8. The lowest BCUT2D eigenvalue weighted by atomic mass is 10.1. The van der Waals surface area contributed by atoms with Crippen LogP contribution in [0.15, 0.2) is 47.5 Å². The monoisotopic (exact) mass is 549 g/mol. The van der Waals surface area contributed by atoms with Crippen LogP contribution in [0, 0.1) is 5.82 Å². The van der Waals surface area contributed by atoms with Crippen molar-refractivity contribution in [1.29, 1.82) is 0 Å². The molecule has 9 heteroatoms. The molecule has 0 bridgehead atoms. The number of benzene rings is 2. The van der Waals surface area contributed by atoms with E-state index in [2.05, 4.69) is 21.7 Å². The molecule has 0 spiro atoms. The van der Waals surface area contributed by atoms with E-state index in [-0.39, 0.29) is 36.3 Å². The van der Waals surface area contributed by atoms with E-state index in [9.17, 15) is 12.8 Å². The minimum atomic E-state index is -3.21. The maximum atomic E-state index is 13.6. The molecule has 30 heavy (non-hydrogen) atoms. The highest BCUT2D eigenvalue weighted by Crippen LogP contribution is 2.15. The molecule has 0 aliphatic heterocycles. The van der Waals surface area contributed by atoms with Gasteiger partial charge in [0.15, 0.2) is 15.8 Å². The van der Waals surface area contributed by atoms with Crippen LogP contribution < -0.4 is 15.4 Å². The fourth-order valence-electron chi connectivity index (χ4n) is 2.91. The summed E-state index contributed by atoms with van der Waals surface area (Å²) in [4.78, 5) is 4.16. The zero-order valence-corrected chi connectivity index (χ0v) is 20.6. The first kappa shape index (κ1) is 26.2. The minimum absolute atomic E-state index is 0. The van der Waals surface area contributed by atoms with Crippen LogP contribution >= 0.6 is 24.0 Å². The fourth-order valence-corrected chi connectivity index (χ4v) is 3.76. The molecule has 0 atom stereocenters. The fraction of sp³-hybridized carbons (Fsp3) is 0.381. The quantitative estimate of drug-likeness (QED) is 0.217. The summed E-state index contributed by atoms with van der Waals surface area (Å²) in [6, 6.07) is 12.1. The zero-order chi connectivity index (χ0) is 21.3. The number of hydrogen-bond acceptors (Lipinski definition) is 4. The summed E-state index contributed by atoms with van der Waals surface area (Å²) in [5.41, 5.74) is 2.36. The molecule has 2 N–H and O–H groups in total. The Morgan fingerprint density at radius 3 is 2.57 bits per heavy atom. The number of nitrogens with zero attached hydrogens (tertiary/aromatic N) is 1. The number of aryl methyl sites for hydroxylation is 1. The molecule has 0 amide bonds. The highest BCUT2D eigenvalue weighted by molar-refractivity contribution is 14.0. The Morgan fingerprint density at radius 1 is 1.13 bits per heavy atom. The summed E-state index contributed by atoms with van der Waals surface area (Å²) < 4.78 is 42.1. The third-order valence-electron chi connectivity index (χ3n) is 4.32. The van der Waals surface area contributed by atoms with E-state index in [4.69, 9.17) is 4.74 Å². The Balaban J connectivity index is 0.00000450. The van der Waals surface area contributed by atoms with Crippen LogP contribution in [0.1, 0.15) is 23.1 Å². The lowest BCUT2D eigenvalue weighted by molar-refractivity contribution is 0.414. The van der Waals surface area contributed by atoms with Gasteiger partial charge in [-0.25, -0.2) is 12.8 Å². The average Bonchev–Trinajstić information content (AvgIpc) is 2.68. The van der Waals surface area contributed by atoms with Gasteiger partial charge < -0.3 is 15.4 Å². The summed E-state index contributed by atoms with van der Waals surface area (Å²) in [5, 5.41) is 6.33. The second kappa shape index (κ2) is 12.7. The van der Waals surface area contributed by atoms with Gasteiger partial charge in [0.1, 0.15) is 11.6 Å². The van der Waals surface area contributed by atoms with Gasteiger partial charge in [-0.2, -0.15) is 0 Å². The van der Waals surface area contributed by atoms with E-state index in [0.717, 1.165) is 24.8 Å². The average molecular weight is 549 g/mol. The molecule has 0 saturated heterocycles. The zero-order valence-electron chi connectivity index (χ0n) is 17.4. The summed E-state index contributed by atoms with van der Waals surface area (Å²) in [6.45, 7) is 0.981. The molecular formula is C21H29FIN3O3S. The first-order valence-corrected chi connectivity index (χ1v) is 11.4. The highest BCUT2D eigenvalue weighted by atomic mass is 127. The predicted molar refractivity (Wildman–Crippen MR) is 130 cm³/mol. The third kappa shape index (κ3) is 9.29. The van der Waals surface area contributed by atoms with Gasteiger partial charge >= 0.3 is 0 Å². The molecule has 0 aliphatic carbocycles. The van der Waals surface area contributed by atoms with Gasteiger partial charge in [0, 0.05) is 26.4 Å². The maximum Gasteiger partial charge on any atom is 0.191 e. The standard InChI is InChI=1S/C21H28FN3O3S.HI/c1-23-21(24-11-5-7-16-6-4-8-20(12-16)28-2)25-14-18-13-19(22)10-9-17(18)15-29(3,26)27;/h4,6,8-10,12-13H,5,7,11,14-15H2,1-3H3,(H2,23,24,25);1H. The molecule has 0 fully saturated rings. The molecule has 0 aromatic heterocycles. The first-order valence-electron chi connectivity index (χ1n) is 9.33. The SMILES string of the molecule is CN=C(NCCCc1cccc(OC)c1)NCc1cc(F)ccc1CS(C)(=O)=O.I. The van der Waals surface area contributed by atoms with Crippen molar-refractivity contribution in [3.63, 3.8) is 0 Å². The minimum Gasteiger partial charge on any atom is -0.497 e. The van der Waals surface area contributed by atoms with Gasteiger partial charge in [-0.3, -0.25) is 4.99 Å². The molecular weight excluding hydrogens is 520 g/mol. The van der Waals surface area contributed by atoms with Crippen LogP contribution in [0.2, 0.25) is 0 Å². The van der Waals surface area contributed by atoms with Gasteiger partial charge in [-0.05, 0) is 53.8 Å².